The molecule has 2 aromatic carbocycles. The van der Waals surface area contributed by atoms with Crippen LogP contribution >= 0.6 is 0 Å². The van der Waals surface area contributed by atoms with Crippen LogP contribution in [0.1, 0.15) is 44.2 Å². The highest BCUT2D eigenvalue weighted by molar-refractivity contribution is 5.90. The van der Waals surface area contributed by atoms with E-state index in [9.17, 15) is 19.5 Å². The van der Waals surface area contributed by atoms with Crippen molar-refractivity contribution in [2.45, 2.75) is 58.0 Å². The predicted octanol–water partition coefficient (Wildman–Crippen LogP) is 2.50. The molecule has 0 bridgehead atoms. The number of aromatic hydroxyl groups is 1. The number of hydrogen-bond acceptors (Lipinski definition) is 5. The number of rotatable bonds is 13. The van der Waals surface area contributed by atoms with Crippen LogP contribution in [0.4, 0.5) is 0 Å². The Labute approximate surface area is 195 Å². The van der Waals surface area contributed by atoms with Gasteiger partial charge in [-0.1, -0.05) is 62.7 Å². The fourth-order valence-electron chi connectivity index (χ4n) is 3.51. The average molecular weight is 454 g/mol. The van der Waals surface area contributed by atoms with Crippen molar-refractivity contribution >= 4 is 17.6 Å². The normalized spacial score (nSPS) is 13.5. The molecule has 178 valence electrons. The van der Waals surface area contributed by atoms with E-state index in [0.717, 1.165) is 11.1 Å². The van der Waals surface area contributed by atoms with Crippen LogP contribution in [0, 0.1) is 5.92 Å². The van der Waals surface area contributed by atoms with E-state index in [1.165, 1.54) is 0 Å². The van der Waals surface area contributed by atoms with Gasteiger partial charge in [0.05, 0.1) is 6.04 Å². The Morgan fingerprint density at radius 1 is 1.00 bits per heavy atom. The molecule has 0 aliphatic rings. The highest BCUT2D eigenvalue weighted by Gasteiger charge is 2.27. The van der Waals surface area contributed by atoms with Gasteiger partial charge in [0.25, 0.3) is 0 Å². The first-order valence-corrected chi connectivity index (χ1v) is 11.5. The largest absolute Gasteiger partial charge is 0.508 e. The minimum absolute atomic E-state index is 0.0357. The molecule has 0 aliphatic heterocycles. The van der Waals surface area contributed by atoms with Gasteiger partial charge < -0.3 is 21.5 Å². The van der Waals surface area contributed by atoms with E-state index < -0.39 is 12.1 Å². The quantitative estimate of drug-likeness (QED) is 0.347. The summed E-state index contributed by atoms with van der Waals surface area (Å²) in [5, 5.41) is 15.1. The lowest BCUT2D eigenvalue weighted by atomic mass is 9.97. The Bertz CT molecular complexity index is 917. The molecule has 3 unspecified atom stereocenters. The van der Waals surface area contributed by atoms with Gasteiger partial charge in [-0.25, -0.2) is 0 Å². The number of carbonyl (C=O) groups is 3. The molecule has 3 atom stereocenters. The predicted molar refractivity (Wildman–Crippen MR) is 129 cm³/mol. The molecule has 2 rings (SSSR count). The van der Waals surface area contributed by atoms with Crippen LogP contribution in [-0.2, 0) is 27.2 Å². The lowest BCUT2D eigenvalue weighted by molar-refractivity contribution is -0.130. The van der Waals surface area contributed by atoms with E-state index in [0.29, 0.717) is 32.2 Å². The third-order valence-corrected chi connectivity index (χ3v) is 5.67. The second-order valence-electron chi connectivity index (χ2n) is 8.45. The highest BCUT2D eigenvalue weighted by Crippen LogP contribution is 2.13. The number of hydrogen-bond donors (Lipinski definition) is 4. The maximum Gasteiger partial charge on any atom is 0.242 e. The van der Waals surface area contributed by atoms with Crippen LogP contribution in [0.2, 0.25) is 0 Å². The van der Waals surface area contributed by atoms with Crippen LogP contribution in [0.25, 0.3) is 0 Å². The van der Waals surface area contributed by atoms with Gasteiger partial charge in [-0.05, 0) is 42.0 Å². The Morgan fingerprint density at radius 3 is 2.36 bits per heavy atom. The Hall–Kier alpha value is -3.19. The zero-order valence-electron chi connectivity index (χ0n) is 19.4. The molecular formula is C26H35N3O4. The number of phenolic OH excluding ortho intramolecular Hbond substituents is 1. The molecule has 33 heavy (non-hydrogen) atoms. The summed E-state index contributed by atoms with van der Waals surface area (Å²) < 4.78 is 0. The van der Waals surface area contributed by atoms with Crippen LogP contribution in [-0.4, -0.2) is 41.3 Å². The first-order valence-electron chi connectivity index (χ1n) is 11.5. The van der Waals surface area contributed by atoms with E-state index in [2.05, 4.69) is 10.6 Å². The molecular weight excluding hydrogens is 418 g/mol. The molecule has 2 amide bonds. The first kappa shape index (κ1) is 26.1. The second kappa shape index (κ2) is 13.4. The van der Waals surface area contributed by atoms with E-state index >= 15 is 0 Å². The summed E-state index contributed by atoms with van der Waals surface area (Å²) >= 11 is 0. The molecule has 0 heterocycles. The maximum absolute atomic E-state index is 12.8. The molecule has 5 N–H and O–H groups in total. The first-order chi connectivity index (χ1) is 15.8. The number of ketones is 1. The monoisotopic (exact) mass is 453 g/mol. The lowest BCUT2D eigenvalue weighted by Gasteiger charge is -2.25. The Balaban J connectivity index is 1.80. The van der Waals surface area contributed by atoms with Crippen LogP contribution in [0.15, 0.2) is 54.6 Å². The van der Waals surface area contributed by atoms with E-state index in [1.54, 1.807) is 24.3 Å². The molecule has 0 fully saturated rings. The maximum atomic E-state index is 12.8. The summed E-state index contributed by atoms with van der Waals surface area (Å²) in [5.74, 6) is -0.529. The van der Waals surface area contributed by atoms with Gasteiger partial charge in [0.1, 0.15) is 17.6 Å². The van der Waals surface area contributed by atoms with E-state index in [1.807, 2.05) is 44.2 Å². The van der Waals surface area contributed by atoms with Crippen molar-refractivity contribution < 1.29 is 19.5 Å². The third kappa shape index (κ3) is 9.06. The molecule has 0 saturated heterocycles. The van der Waals surface area contributed by atoms with Gasteiger partial charge in [0, 0.05) is 19.4 Å². The van der Waals surface area contributed by atoms with E-state index in [4.69, 9.17) is 5.73 Å². The van der Waals surface area contributed by atoms with Gasteiger partial charge in [-0.15, -0.1) is 0 Å². The third-order valence-electron chi connectivity index (χ3n) is 5.67. The van der Waals surface area contributed by atoms with Crippen LogP contribution < -0.4 is 16.4 Å². The van der Waals surface area contributed by atoms with E-state index in [-0.39, 0.29) is 35.7 Å². The summed E-state index contributed by atoms with van der Waals surface area (Å²) in [6.45, 7) is 4.20. The minimum Gasteiger partial charge on any atom is -0.508 e. The fourth-order valence-corrected chi connectivity index (χ4v) is 3.51. The van der Waals surface area contributed by atoms with Crippen molar-refractivity contribution in [3.05, 3.63) is 65.7 Å². The van der Waals surface area contributed by atoms with Crippen molar-refractivity contribution in [2.24, 2.45) is 11.7 Å². The standard InChI is InChI=1S/C26H35N3O4/c1-3-18(2)24(29-25(32)23(27)17-19-9-5-4-6-10-19)26(33)28-14-8-13-22(31)16-20-11-7-12-21(30)15-20/h4-7,9-12,15,18,23-24,30H,3,8,13-14,16-17,27H2,1-2H3,(H,28,33)(H,29,32). The van der Waals surface area contributed by atoms with Gasteiger partial charge in [0.2, 0.25) is 11.8 Å². The molecule has 7 nitrogen and oxygen atoms in total. The SMILES string of the molecule is CCC(C)C(NC(=O)C(N)Cc1ccccc1)C(=O)NCCCC(=O)Cc1cccc(O)c1. The lowest BCUT2D eigenvalue weighted by Crippen LogP contribution is -2.54. The summed E-state index contributed by atoms with van der Waals surface area (Å²) in [5.41, 5.74) is 7.79. The zero-order chi connectivity index (χ0) is 24.2. The average Bonchev–Trinajstić information content (AvgIpc) is 2.80. The topological polar surface area (TPSA) is 122 Å². The van der Waals surface area contributed by atoms with Crippen LogP contribution in [0.3, 0.4) is 0 Å². The summed E-state index contributed by atoms with van der Waals surface area (Å²) in [6, 6.07) is 14.7. The number of phenols is 1. The summed E-state index contributed by atoms with van der Waals surface area (Å²) in [4.78, 5) is 37.5. The highest BCUT2D eigenvalue weighted by atomic mass is 16.3. The molecule has 0 aliphatic carbocycles. The second-order valence-corrected chi connectivity index (χ2v) is 8.45. The number of benzene rings is 2. The van der Waals surface area contributed by atoms with Gasteiger partial charge >= 0.3 is 0 Å². The minimum atomic E-state index is -0.748. The van der Waals surface area contributed by atoms with Crippen molar-refractivity contribution in [2.75, 3.05) is 6.54 Å². The fraction of sp³-hybridized carbons (Fsp3) is 0.423. The van der Waals surface area contributed by atoms with Gasteiger partial charge in [-0.2, -0.15) is 0 Å². The number of carbonyl (C=O) groups excluding carboxylic acids is 3. The molecule has 7 heteroatoms. The number of amides is 2. The Morgan fingerprint density at radius 2 is 1.70 bits per heavy atom. The number of nitrogens with two attached hydrogens (primary N) is 1. The van der Waals surface area contributed by atoms with Crippen LogP contribution in [0.5, 0.6) is 5.75 Å². The van der Waals surface area contributed by atoms with Crippen molar-refractivity contribution in [3.63, 3.8) is 0 Å². The van der Waals surface area contributed by atoms with Crippen molar-refractivity contribution in [1.82, 2.24) is 10.6 Å². The van der Waals surface area contributed by atoms with Gasteiger partial charge in [0.15, 0.2) is 0 Å². The summed E-state index contributed by atoms with van der Waals surface area (Å²) in [7, 11) is 0. The number of nitrogens with one attached hydrogen (secondary N) is 2. The van der Waals surface area contributed by atoms with Crippen molar-refractivity contribution in [3.8, 4) is 5.75 Å². The van der Waals surface area contributed by atoms with Crippen molar-refractivity contribution in [1.29, 1.82) is 0 Å². The summed E-state index contributed by atoms with van der Waals surface area (Å²) in [6.07, 6.45) is 2.17. The zero-order valence-corrected chi connectivity index (χ0v) is 19.4. The molecule has 0 aromatic heterocycles. The molecule has 2 aromatic rings. The smallest absolute Gasteiger partial charge is 0.242 e. The van der Waals surface area contributed by atoms with Gasteiger partial charge in [-0.3, -0.25) is 14.4 Å². The molecule has 0 spiro atoms. The molecule has 0 saturated carbocycles. The number of Topliss-reactive ketones (excluding diaryl/α,β-unsaturated/α-hetero) is 1. The molecule has 0 radical (unpaired) electrons. The Kier molecular flexibility index (Phi) is 10.6.